The highest BCUT2D eigenvalue weighted by Gasteiger charge is 2.41. The SMILES string of the molecule is Cc1cc(C)c(C2C(=O)c3cc(C)c(C)cc3C2=O)c(C)c1. The van der Waals surface area contributed by atoms with Gasteiger partial charge in [0.1, 0.15) is 5.92 Å². The van der Waals surface area contributed by atoms with E-state index in [1.165, 1.54) is 0 Å². The van der Waals surface area contributed by atoms with E-state index in [-0.39, 0.29) is 11.6 Å². The van der Waals surface area contributed by atoms with Crippen LogP contribution in [0, 0.1) is 34.6 Å². The molecule has 3 rings (SSSR count). The zero-order valence-corrected chi connectivity index (χ0v) is 13.7. The van der Waals surface area contributed by atoms with Crippen molar-refractivity contribution in [3.8, 4) is 0 Å². The van der Waals surface area contributed by atoms with Gasteiger partial charge in [-0.25, -0.2) is 0 Å². The van der Waals surface area contributed by atoms with Gasteiger partial charge in [-0.1, -0.05) is 17.7 Å². The van der Waals surface area contributed by atoms with Gasteiger partial charge >= 0.3 is 0 Å². The average Bonchev–Trinajstić information content (AvgIpc) is 2.64. The summed E-state index contributed by atoms with van der Waals surface area (Å²) in [5.74, 6) is -0.784. The lowest BCUT2D eigenvalue weighted by Crippen LogP contribution is -2.16. The fourth-order valence-corrected chi connectivity index (χ4v) is 3.56. The van der Waals surface area contributed by atoms with Crippen LogP contribution < -0.4 is 0 Å². The molecule has 0 radical (unpaired) electrons. The van der Waals surface area contributed by atoms with E-state index in [2.05, 4.69) is 0 Å². The van der Waals surface area contributed by atoms with Crippen LogP contribution in [0.5, 0.6) is 0 Å². The summed E-state index contributed by atoms with van der Waals surface area (Å²) in [4.78, 5) is 25.7. The van der Waals surface area contributed by atoms with Gasteiger partial charge in [0.2, 0.25) is 0 Å². The molecule has 1 aliphatic carbocycles. The molecule has 0 atom stereocenters. The molecule has 2 nitrogen and oxygen atoms in total. The van der Waals surface area contributed by atoms with Crippen LogP contribution in [0.15, 0.2) is 24.3 Å². The third kappa shape index (κ3) is 2.02. The van der Waals surface area contributed by atoms with Crippen LogP contribution >= 0.6 is 0 Å². The third-order valence-corrected chi connectivity index (χ3v) is 4.72. The van der Waals surface area contributed by atoms with Gasteiger partial charge in [-0.15, -0.1) is 0 Å². The number of benzene rings is 2. The second-order valence-corrected chi connectivity index (χ2v) is 6.46. The molecule has 0 N–H and O–H groups in total. The first-order valence-corrected chi connectivity index (χ1v) is 7.58. The van der Waals surface area contributed by atoms with Crippen LogP contribution in [0.2, 0.25) is 0 Å². The topological polar surface area (TPSA) is 34.1 Å². The minimum absolute atomic E-state index is 0.0573. The van der Waals surface area contributed by atoms with E-state index in [4.69, 9.17) is 0 Å². The Balaban J connectivity index is 2.20. The highest BCUT2D eigenvalue weighted by molar-refractivity contribution is 6.30. The molecular weight excluding hydrogens is 272 g/mol. The van der Waals surface area contributed by atoms with Crippen molar-refractivity contribution in [1.82, 2.24) is 0 Å². The van der Waals surface area contributed by atoms with Crippen molar-refractivity contribution in [2.45, 2.75) is 40.5 Å². The standard InChI is InChI=1S/C20H20O2/c1-10-6-13(4)17(14(5)7-10)18-19(21)15-8-11(2)12(3)9-16(15)20(18)22/h6-9,18H,1-5H3. The smallest absolute Gasteiger partial charge is 0.178 e. The molecule has 0 unspecified atom stereocenters. The predicted molar refractivity (Wildman–Crippen MR) is 88.0 cm³/mol. The Bertz CT molecular complexity index is 764. The van der Waals surface area contributed by atoms with Gasteiger partial charge in [0.05, 0.1) is 0 Å². The molecular formula is C20H20O2. The Kier molecular flexibility index (Phi) is 3.28. The molecule has 0 amide bonds. The molecule has 112 valence electrons. The van der Waals surface area contributed by atoms with Crippen LogP contribution in [0.3, 0.4) is 0 Å². The van der Waals surface area contributed by atoms with Gasteiger partial charge in [0.15, 0.2) is 11.6 Å². The monoisotopic (exact) mass is 292 g/mol. The van der Waals surface area contributed by atoms with Crippen molar-refractivity contribution in [3.05, 3.63) is 68.8 Å². The summed E-state index contributed by atoms with van der Waals surface area (Å²) in [6.07, 6.45) is 0. The fraction of sp³-hybridized carbons (Fsp3) is 0.300. The van der Waals surface area contributed by atoms with Crippen LogP contribution in [0.1, 0.15) is 60.0 Å². The first-order chi connectivity index (χ1) is 10.3. The Morgan fingerprint density at radius 1 is 0.636 bits per heavy atom. The molecule has 2 aromatic carbocycles. The molecule has 0 heterocycles. The summed E-state index contributed by atoms with van der Waals surface area (Å²) >= 11 is 0. The summed E-state index contributed by atoms with van der Waals surface area (Å²) in [6.45, 7) is 9.94. The fourth-order valence-electron chi connectivity index (χ4n) is 3.56. The number of rotatable bonds is 1. The summed E-state index contributed by atoms with van der Waals surface area (Å²) < 4.78 is 0. The van der Waals surface area contributed by atoms with Crippen molar-refractivity contribution in [2.24, 2.45) is 0 Å². The Morgan fingerprint density at radius 2 is 1.05 bits per heavy atom. The van der Waals surface area contributed by atoms with Gasteiger partial charge < -0.3 is 0 Å². The molecule has 0 fully saturated rings. The van der Waals surface area contributed by atoms with Crippen LogP contribution in [-0.4, -0.2) is 11.6 Å². The van der Waals surface area contributed by atoms with Gasteiger partial charge in [0, 0.05) is 11.1 Å². The number of hydrogen-bond acceptors (Lipinski definition) is 2. The van der Waals surface area contributed by atoms with Gasteiger partial charge in [-0.05, 0) is 74.6 Å². The maximum atomic E-state index is 12.8. The van der Waals surface area contributed by atoms with Gasteiger partial charge in [-0.3, -0.25) is 9.59 Å². The molecule has 1 aliphatic rings. The highest BCUT2D eigenvalue weighted by Crippen LogP contribution is 2.38. The van der Waals surface area contributed by atoms with Crippen molar-refractivity contribution < 1.29 is 9.59 Å². The second kappa shape index (κ2) is 4.91. The van der Waals surface area contributed by atoms with Gasteiger partial charge in [0.25, 0.3) is 0 Å². The van der Waals surface area contributed by atoms with Crippen molar-refractivity contribution in [1.29, 1.82) is 0 Å². The second-order valence-electron chi connectivity index (χ2n) is 6.46. The molecule has 2 aromatic rings. The van der Waals surface area contributed by atoms with Crippen LogP contribution in [-0.2, 0) is 0 Å². The third-order valence-electron chi connectivity index (χ3n) is 4.72. The summed E-state index contributed by atoms with van der Waals surface area (Å²) in [5.41, 5.74) is 7.34. The van der Waals surface area contributed by atoms with E-state index in [0.29, 0.717) is 11.1 Å². The molecule has 0 saturated carbocycles. The molecule has 0 spiro atoms. The first kappa shape index (κ1) is 14.7. The van der Waals surface area contributed by atoms with E-state index in [9.17, 15) is 9.59 Å². The van der Waals surface area contributed by atoms with E-state index >= 15 is 0 Å². The Labute approximate surface area is 131 Å². The van der Waals surface area contributed by atoms with Crippen LogP contribution in [0.4, 0.5) is 0 Å². The molecule has 0 saturated heterocycles. The van der Waals surface area contributed by atoms with Crippen molar-refractivity contribution in [2.75, 3.05) is 0 Å². The maximum Gasteiger partial charge on any atom is 0.178 e. The quantitative estimate of drug-likeness (QED) is 0.730. The highest BCUT2D eigenvalue weighted by atomic mass is 16.2. The number of fused-ring (bicyclic) bond motifs is 1. The van der Waals surface area contributed by atoms with Crippen molar-refractivity contribution >= 4 is 11.6 Å². The average molecular weight is 292 g/mol. The lowest BCUT2D eigenvalue weighted by Gasteiger charge is -2.15. The minimum Gasteiger partial charge on any atom is -0.293 e. The minimum atomic E-state index is -0.670. The van der Waals surface area contributed by atoms with E-state index < -0.39 is 5.92 Å². The van der Waals surface area contributed by atoms with E-state index in [1.807, 2.05) is 58.9 Å². The molecule has 0 aliphatic heterocycles. The summed E-state index contributed by atoms with van der Waals surface area (Å²) in [5, 5.41) is 0. The zero-order chi connectivity index (χ0) is 16.2. The number of carbonyl (C=O) groups excluding carboxylic acids is 2. The number of ketones is 2. The predicted octanol–water partition coefficient (Wildman–Crippen LogP) is 4.39. The number of Topliss-reactive ketones (excluding diaryl/α,β-unsaturated/α-hetero) is 2. The summed E-state index contributed by atoms with van der Waals surface area (Å²) in [6, 6.07) is 7.82. The molecule has 0 bridgehead atoms. The molecule has 2 heteroatoms. The van der Waals surface area contributed by atoms with Gasteiger partial charge in [-0.2, -0.15) is 0 Å². The zero-order valence-electron chi connectivity index (χ0n) is 13.7. The summed E-state index contributed by atoms with van der Waals surface area (Å²) in [7, 11) is 0. The first-order valence-electron chi connectivity index (χ1n) is 7.58. The Morgan fingerprint density at radius 3 is 1.45 bits per heavy atom. The molecule has 0 aromatic heterocycles. The lowest BCUT2D eigenvalue weighted by molar-refractivity contribution is 0.0889. The largest absolute Gasteiger partial charge is 0.293 e. The number of carbonyl (C=O) groups is 2. The maximum absolute atomic E-state index is 12.8. The number of hydrogen-bond donors (Lipinski definition) is 0. The normalized spacial score (nSPS) is 14.6. The Hall–Kier alpha value is -2.22. The number of aryl methyl sites for hydroxylation is 5. The molecule has 22 heavy (non-hydrogen) atoms. The van der Waals surface area contributed by atoms with Crippen LogP contribution in [0.25, 0.3) is 0 Å². The lowest BCUT2D eigenvalue weighted by atomic mass is 9.86. The van der Waals surface area contributed by atoms with E-state index in [1.54, 1.807) is 0 Å². The van der Waals surface area contributed by atoms with Crippen molar-refractivity contribution in [3.63, 3.8) is 0 Å². The van der Waals surface area contributed by atoms with E-state index in [0.717, 1.165) is 33.4 Å².